The number of carbonyl (C=O) groups is 2. The first-order valence-corrected chi connectivity index (χ1v) is 7.21. The molecular formula is C12H20O4S2. The predicted octanol–water partition coefficient (Wildman–Crippen LogP) is 2.65. The molecule has 0 amide bonds. The molecule has 0 aliphatic carbocycles. The summed E-state index contributed by atoms with van der Waals surface area (Å²) in [6, 6.07) is 0. The van der Waals surface area contributed by atoms with Crippen LogP contribution in [0.1, 0.15) is 38.5 Å². The number of unbranched alkanes of at least 4 members (excludes halogenated alkanes) is 2. The average Bonchev–Trinajstić information content (AvgIpc) is 2.31. The molecule has 0 aromatic heterocycles. The number of thiol groups is 2. The van der Waals surface area contributed by atoms with E-state index in [4.69, 9.17) is 10.2 Å². The van der Waals surface area contributed by atoms with E-state index in [0.717, 1.165) is 12.8 Å². The van der Waals surface area contributed by atoms with Crippen molar-refractivity contribution in [3.63, 3.8) is 0 Å². The molecule has 0 spiro atoms. The molecule has 0 aliphatic rings. The lowest BCUT2D eigenvalue weighted by Crippen LogP contribution is -2.12. The van der Waals surface area contributed by atoms with Crippen LogP contribution in [0.25, 0.3) is 0 Å². The maximum atomic E-state index is 11.1. The fraction of sp³-hybridized carbons (Fsp3) is 0.667. The summed E-state index contributed by atoms with van der Waals surface area (Å²) in [5.74, 6) is -0.904. The summed E-state index contributed by atoms with van der Waals surface area (Å²) in [5.41, 5.74) is 0.0619. The Morgan fingerprint density at radius 3 is 1.28 bits per heavy atom. The van der Waals surface area contributed by atoms with Gasteiger partial charge in [-0.1, -0.05) is 0 Å². The first-order valence-electron chi connectivity index (χ1n) is 5.95. The van der Waals surface area contributed by atoms with E-state index >= 15 is 0 Å². The Labute approximate surface area is 118 Å². The zero-order valence-corrected chi connectivity index (χ0v) is 12.1. The topological polar surface area (TPSA) is 74.6 Å². The van der Waals surface area contributed by atoms with Gasteiger partial charge in [0.1, 0.15) is 0 Å². The van der Waals surface area contributed by atoms with Crippen LogP contribution in [0.4, 0.5) is 0 Å². The molecule has 0 saturated heterocycles. The molecule has 0 bridgehead atoms. The summed E-state index contributed by atoms with van der Waals surface area (Å²) < 4.78 is 0. The van der Waals surface area contributed by atoms with Crippen molar-refractivity contribution >= 4 is 37.2 Å². The number of carboxylic acids is 2. The molecule has 0 heterocycles. The van der Waals surface area contributed by atoms with Crippen LogP contribution in [0.2, 0.25) is 0 Å². The molecule has 0 fully saturated rings. The molecule has 6 heteroatoms. The Morgan fingerprint density at radius 1 is 0.722 bits per heavy atom. The van der Waals surface area contributed by atoms with Gasteiger partial charge in [0.25, 0.3) is 0 Å². The Morgan fingerprint density at radius 2 is 1.06 bits per heavy atom. The second-order valence-corrected chi connectivity index (χ2v) is 4.82. The van der Waals surface area contributed by atoms with Crippen molar-refractivity contribution in [1.82, 2.24) is 0 Å². The quantitative estimate of drug-likeness (QED) is 0.284. The molecule has 0 aromatic rings. The summed E-state index contributed by atoms with van der Waals surface area (Å²) in [7, 11) is 0. The molecule has 104 valence electrons. The highest BCUT2D eigenvalue weighted by Gasteiger charge is 2.19. The highest BCUT2D eigenvalue weighted by Crippen LogP contribution is 2.19. The number of rotatable bonds is 10. The normalized spacial score (nSPS) is 12.1. The minimum atomic E-state index is -1.13. The lowest BCUT2D eigenvalue weighted by atomic mass is 9.98. The van der Waals surface area contributed by atoms with Gasteiger partial charge in [0, 0.05) is 11.1 Å². The Hall–Kier alpha value is -0.620. The van der Waals surface area contributed by atoms with Crippen molar-refractivity contribution in [2.24, 2.45) is 0 Å². The SMILES string of the molecule is O=C(O)/C(CCCCS)=C(/CCCCS)C(=O)O. The molecule has 0 unspecified atom stereocenters. The number of hydrogen-bond acceptors (Lipinski definition) is 4. The molecular weight excluding hydrogens is 272 g/mol. The lowest BCUT2D eigenvalue weighted by Gasteiger charge is -2.08. The van der Waals surface area contributed by atoms with E-state index in [0.29, 0.717) is 37.2 Å². The van der Waals surface area contributed by atoms with Gasteiger partial charge in [-0.05, 0) is 50.0 Å². The summed E-state index contributed by atoms with van der Waals surface area (Å²) >= 11 is 8.10. The Bertz CT molecular complexity index is 283. The molecule has 2 N–H and O–H groups in total. The van der Waals surface area contributed by atoms with Gasteiger partial charge in [0.05, 0.1) is 0 Å². The van der Waals surface area contributed by atoms with E-state index in [-0.39, 0.29) is 11.1 Å². The summed E-state index contributed by atoms with van der Waals surface area (Å²) in [6.45, 7) is 0. The van der Waals surface area contributed by atoms with Crippen LogP contribution in [0.3, 0.4) is 0 Å². The standard InChI is InChI=1S/C12H20O4S2/c13-11(14)9(5-1-3-7-17)10(12(15)16)6-2-4-8-18/h17-18H,1-8H2,(H,13,14)(H,15,16)/b10-9-. The van der Waals surface area contributed by atoms with Crippen molar-refractivity contribution in [1.29, 1.82) is 0 Å². The molecule has 0 aliphatic heterocycles. The van der Waals surface area contributed by atoms with Crippen molar-refractivity contribution in [3.8, 4) is 0 Å². The van der Waals surface area contributed by atoms with Crippen molar-refractivity contribution in [2.45, 2.75) is 38.5 Å². The third-order valence-electron chi connectivity index (χ3n) is 2.55. The van der Waals surface area contributed by atoms with Crippen LogP contribution < -0.4 is 0 Å². The van der Waals surface area contributed by atoms with Crippen LogP contribution in [0, 0.1) is 0 Å². The second kappa shape index (κ2) is 10.3. The maximum absolute atomic E-state index is 11.1. The first-order chi connectivity index (χ1) is 8.54. The smallest absolute Gasteiger partial charge is 0.332 e. The third-order valence-corrected chi connectivity index (χ3v) is 3.18. The van der Waals surface area contributed by atoms with Crippen molar-refractivity contribution in [2.75, 3.05) is 11.5 Å². The van der Waals surface area contributed by atoms with E-state index in [2.05, 4.69) is 25.3 Å². The van der Waals surface area contributed by atoms with E-state index in [1.54, 1.807) is 0 Å². The van der Waals surface area contributed by atoms with Gasteiger partial charge in [0.2, 0.25) is 0 Å². The zero-order valence-electron chi connectivity index (χ0n) is 10.3. The van der Waals surface area contributed by atoms with Crippen LogP contribution in [0.5, 0.6) is 0 Å². The Kier molecular flexibility index (Phi) is 9.96. The van der Waals surface area contributed by atoms with Gasteiger partial charge in [-0.2, -0.15) is 25.3 Å². The number of hydrogen-bond donors (Lipinski definition) is 4. The Balaban J connectivity index is 4.80. The van der Waals surface area contributed by atoms with Crippen LogP contribution in [-0.2, 0) is 9.59 Å². The highest BCUT2D eigenvalue weighted by molar-refractivity contribution is 7.80. The zero-order chi connectivity index (χ0) is 14.0. The first kappa shape index (κ1) is 17.4. The summed E-state index contributed by atoms with van der Waals surface area (Å²) in [6.07, 6.45) is 3.44. The summed E-state index contributed by atoms with van der Waals surface area (Å²) in [5, 5.41) is 18.2. The monoisotopic (exact) mass is 292 g/mol. The van der Waals surface area contributed by atoms with Crippen molar-refractivity contribution in [3.05, 3.63) is 11.1 Å². The van der Waals surface area contributed by atoms with Gasteiger partial charge in [-0.25, -0.2) is 9.59 Å². The van der Waals surface area contributed by atoms with E-state index in [1.807, 2.05) is 0 Å². The molecule has 0 rings (SSSR count). The average molecular weight is 292 g/mol. The molecule has 0 atom stereocenters. The molecule has 0 saturated carbocycles. The van der Waals surface area contributed by atoms with Gasteiger partial charge in [-0.15, -0.1) is 0 Å². The minimum absolute atomic E-state index is 0.0310. The van der Waals surface area contributed by atoms with Crippen LogP contribution >= 0.6 is 25.3 Å². The molecule has 0 radical (unpaired) electrons. The summed E-state index contributed by atoms with van der Waals surface area (Å²) in [4.78, 5) is 22.2. The highest BCUT2D eigenvalue weighted by atomic mass is 32.1. The minimum Gasteiger partial charge on any atom is -0.478 e. The molecule has 4 nitrogen and oxygen atoms in total. The maximum Gasteiger partial charge on any atom is 0.332 e. The fourth-order valence-corrected chi connectivity index (χ4v) is 2.05. The number of carboxylic acid groups (broad SMARTS) is 2. The third kappa shape index (κ3) is 6.96. The van der Waals surface area contributed by atoms with Gasteiger partial charge < -0.3 is 10.2 Å². The van der Waals surface area contributed by atoms with E-state index < -0.39 is 11.9 Å². The van der Waals surface area contributed by atoms with Gasteiger partial charge >= 0.3 is 11.9 Å². The van der Waals surface area contributed by atoms with E-state index in [1.165, 1.54) is 0 Å². The molecule has 18 heavy (non-hydrogen) atoms. The predicted molar refractivity (Wildman–Crippen MR) is 77.7 cm³/mol. The van der Waals surface area contributed by atoms with E-state index in [9.17, 15) is 9.59 Å². The van der Waals surface area contributed by atoms with Gasteiger partial charge in [0.15, 0.2) is 0 Å². The largest absolute Gasteiger partial charge is 0.478 e. The van der Waals surface area contributed by atoms with Gasteiger partial charge in [-0.3, -0.25) is 0 Å². The van der Waals surface area contributed by atoms with Crippen LogP contribution in [0.15, 0.2) is 11.1 Å². The van der Waals surface area contributed by atoms with Crippen molar-refractivity contribution < 1.29 is 19.8 Å². The van der Waals surface area contributed by atoms with Crippen LogP contribution in [-0.4, -0.2) is 33.7 Å². The fourth-order valence-electron chi connectivity index (χ4n) is 1.60. The number of aliphatic carboxylic acids is 2. The molecule has 0 aromatic carbocycles. The lowest BCUT2D eigenvalue weighted by molar-refractivity contribution is -0.136. The second-order valence-electron chi connectivity index (χ2n) is 3.93.